The molecule has 0 N–H and O–H groups in total. The van der Waals surface area contributed by atoms with Gasteiger partial charge in [-0.2, -0.15) is 0 Å². The number of halogens is 1. The second-order valence-corrected chi connectivity index (χ2v) is 7.38. The molecule has 18 heavy (non-hydrogen) atoms. The molecule has 0 amide bonds. The quantitative estimate of drug-likeness (QED) is 0.608. The van der Waals surface area contributed by atoms with Gasteiger partial charge < -0.3 is 4.55 Å². The van der Waals surface area contributed by atoms with Gasteiger partial charge in [-0.05, 0) is 26.8 Å². The molecule has 0 aliphatic heterocycles. The van der Waals surface area contributed by atoms with Crippen LogP contribution in [0.15, 0.2) is 28.7 Å². The minimum Gasteiger partial charge on any atom is -0.591 e. The number of nitrogens with zero attached hydrogens (tertiary/aromatic N) is 1. The van der Waals surface area contributed by atoms with Gasteiger partial charge in [0.2, 0.25) is 0 Å². The molecule has 0 saturated carbocycles. The predicted octanol–water partition coefficient (Wildman–Crippen LogP) is 3.73. The molecule has 0 aliphatic carbocycles. The third kappa shape index (κ3) is 3.82. The summed E-state index contributed by atoms with van der Waals surface area (Å²) in [6, 6.07) is 6.47. The summed E-state index contributed by atoms with van der Waals surface area (Å²) in [6.45, 7) is 9.40. The smallest absolute Gasteiger partial charge is 0.144 e. The van der Waals surface area contributed by atoms with Gasteiger partial charge in [0.25, 0.3) is 0 Å². The van der Waals surface area contributed by atoms with E-state index >= 15 is 0 Å². The molecule has 0 heterocycles. The van der Waals surface area contributed by atoms with Crippen molar-refractivity contribution in [2.24, 2.45) is 10.3 Å². The van der Waals surface area contributed by atoms with Crippen molar-refractivity contribution in [1.29, 1.82) is 0 Å². The van der Waals surface area contributed by atoms with E-state index in [1.54, 1.807) is 18.2 Å². The highest BCUT2D eigenvalue weighted by molar-refractivity contribution is 7.91. The predicted molar refractivity (Wildman–Crippen MR) is 75.7 cm³/mol. The summed E-state index contributed by atoms with van der Waals surface area (Å²) in [5, 5.41) is 0. The third-order valence-electron chi connectivity index (χ3n) is 2.40. The van der Waals surface area contributed by atoms with Gasteiger partial charge in [-0.25, -0.2) is 4.39 Å². The van der Waals surface area contributed by atoms with Crippen LogP contribution in [0.2, 0.25) is 0 Å². The maximum atomic E-state index is 13.8. The summed E-state index contributed by atoms with van der Waals surface area (Å²) in [4.78, 5) is 0. The van der Waals surface area contributed by atoms with Crippen molar-refractivity contribution in [3.63, 3.8) is 0 Å². The number of hydrogen-bond donors (Lipinski definition) is 0. The molecule has 0 aliphatic rings. The molecule has 0 aromatic heterocycles. The van der Waals surface area contributed by atoms with Crippen LogP contribution in [0.3, 0.4) is 0 Å². The molecule has 0 spiro atoms. The van der Waals surface area contributed by atoms with Crippen LogP contribution in [0.25, 0.3) is 0 Å². The van der Waals surface area contributed by atoms with E-state index in [0.717, 1.165) is 0 Å². The molecule has 4 heteroatoms. The van der Waals surface area contributed by atoms with Gasteiger partial charge in [-0.15, -0.1) is 0 Å². The molecule has 1 atom stereocenters. The Labute approximate surface area is 112 Å². The van der Waals surface area contributed by atoms with Crippen molar-refractivity contribution in [2.75, 3.05) is 0 Å². The molecule has 1 rings (SSSR count). The van der Waals surface area contributed by atoms with Crippen molar-refractivity contribution >= 4 is 17.1 Å². The minimum atomic E-state index is -1.38. The van der Waals surface area contributed by atoms with Crippen molar-refractivity contribution < 1.29 is 8.94 Å². The molecule has 0 fully saturated rings. The summed E-state index contributed by atoms with van der Waals surface area (Å²) in [5.74, 6) is -0.302. The second kappa shape index (κ2) is 5.85. The largest absolute Gasteiger partial charge is 0.591 e. The Morgan fingerprint density at radius 3 is 2.28 bits per heavy atom. The molecule has 0 radical (unpaired) electrons. The van der Waals surface area contributed by atoms with Gasteiger partial charge in [0.15, 0.2) is 0 Å². The number of rotatable bonds is 3. The van der Waals surface area contributed by atoms with E-state index in [-0.39, 0.29) is 11.7 Å². The minimum absolute atomic E-state index is 0.0215. The standard InChI is InChI=1S/C14H20FNOS/c1-10(2)13(16-18(17)14(3,4)5)11-8-6-7-9-12(11)15/h6-10H,1-5H3. The molecule has 0 saturated heterocycles. The average Bonchev–Trinajstić information content (AvgIpc) is 2.25. The Morgan fingerprint density at radius 1 is 1.28 bits per heavy atom. The van der Waals surface area contributed by atoms with E-state index < -0.39 is 16.1 Å². The van der Waals surface area contributed by atoms with Crippen molar-refractivity contribution in [2.45, 2.75) is 39.4 Å². The molecule has 2 nitrogen and oxygen atoms in total. The normalized spacial score (nSPS) is 15.0. The van der Waals surface area contributed by atoms with Crippen LogP contribution < -0.4 is 0 Å². The fourth-order valence-corrected chi connectivity index (χ4v) is 2.12. The van der Waals surface area contributed by atoms with E-state index in [2.05, 4.69) is 4.40 Å². The first-order chi connectivity index (χ1) is 8.23. The maximum Gasteiger partial charge on any atom is 0.144 e. The Morgan fingerprint density at radius 2 is 1.83 bits per heavy atom. The van der Waals surface area contributed by atoms with E-state index in [9.17, 15) is 8.94 Å². The van der Waals surface area contributed by atoms with Crippen molar-refractivity contribution in [1.82, 2.24) is 0 Å². The summed E-state index contributed by atoms with van der Waals surface area (Å²) in [6.07, 6.45) is 0. The summed E-state index contributed by atoms with van der Waals surface area (Å²) in [5.41, 5.74) is 0.992. The molecular formula is C14H20FNOS. The molecule has 0 bridgehead atoms. The fourth-order valence-electron chi connectivity index (χ4n) is 1.36. The zero-order valence-electron chi connectivity index (χ0n) is 11.5. The van der Waals surface area contributed by atoms with Crippen LogP contribution in [0, 0.1) is 11.7 Å². The van der Waals surface area contributed by atoms with Gasteiger partial charge in [-0.3, -0.25) is 0 Å². The molecule has 1 unspecified atom stereocenters. The lowest BCUT2D eigenvalue weighted by Gasteiger charge is -2.20. The van der Waals surface area contributed by atoms with Gasteiger partial charge >= 0.3 is 0 Å². The van der Waals surface area contributed by atoms with Gasteiger partial charge in [0.05, 0.1) is 0 Å². The molecule has 1 aromatic carbocycles. The van der Waals surface area contributed by atoms with Crippen molar-refractivity contribution in [3.05, 3.63) is 35.6 Å². The third-order valence-corrected chi connectivity index (χ3v) is 3.81. The lowest BCUT2D eigenvalue weighted by Crippen LogP contribution is -2.28. The lowest BCUT2D eigenvalue weighted by atomic mass is 10.00. The van der Waals surface area contributed by atoms with E-state index in [1.807, 2.05) is 34.6 Å². The van der Waals surface area contributed by atoms with Crippen LogP contribution in [0.5, 0.6) is 0 Å². The summed E-state index contributed by atoms with van der Waals surface area (Å²) < 4.78 is 29.6. The molecule has 1 aromatic rings. The zero-order chi connectivity index (χ0) is 13.9. The summed E-state index contributed by atoms with van der Waals surface area (Å²) >= 11 is -1.38. The van der Waals surface area contributed by atoms with Crippen molar-refractivity contribution in [3.8, 4) is 0 Å². The first-order valence-electron chi connectivity index (χ1n) is 5.99. The van der Waals surface area contributed by atoms with Gasteiger partial charge in [0, 0.05) is 11.5 Å². The highest BCUT2D eigenvalue weighted by Gasteiger charge is 2.28. The number of hydrogen-bond acceptors (Lipinski definition) is 2. The van der Waals surface area contributed by atoms with E-state index in [4.69, 9.17) is 0 Å². The highest BCUT2D eigenvalue weighted by atomic mass is 32.2. The lowest BCUT2D eigenvalue weighted by molar-refractivity contribution is 0.561. The summed E-state index contributed by atoms with van der Waals surface area (Å²) in [7, 11) is 0. The topological polar surface area (TPSA) is 35.4 Å². The van der Waals surface area contributed by atoms with Crippen LogP contribution in [0.1, 0.15) is 40.2 Å². The number of benzene rings is 1. The maximum absolute atomic E-state index is 13.8. The van der Waals surface area contributed by atoms with Gasteiger partial charge in [-0.1, -0.05) is 36.4 Å². The highest BCUT2D eigenvalue weighted by Crippen LogP contribution is 2.21. The Hall–Kier alpha value is -0.870. The van der Waals surface area contributed by atoms with Gasteiger partial charge in [0.1, 0.15) is 27.6 Å². The Balaban J connectivity index is 3.20. The first kappa shape index (κ1) is 15.2. The Bertz CT molecular complexity index is 438. The molecule has 100 valence electrons. The van der Waals surface area contributed by atoms with E-state index in [1.165, 1.54) is 6.07 Å². The fraction of sp³-hybridized carbons (Fsp3) is 0.500. The first-order valence-corrected chi connectivity index (χ1v) is 7.09. The molecular weight excluding hydrogens is 249 g/mol. The second-order valence-electron chi connectivity index (χ2n) is 5.47. The van der Waals surface area contributed by atoms with E-state index in [0.29, 0.717) is 11.3 Å². The van der Waals surface area contributed by atoms with Crippen LogP contribution >= 0.6 is 0 Å². The van der Waals surface area contributed by atoms with Crippen LogP contribution in [-0.4, -0.2) is 15.0 Å². The average molecular weight is 269 g/mol. The van der Waals surface area contributed by atoms with Crippen LogP contribution in [0.4, 0.5) is 4.39 Å². The van der Waals surface area contributed by atoms with Crippen LogP contribution in [-0.2, 0) is 11.4 Å². The zero-order valence-corrected chi connectivity index (χ0v) is 12.3. The SMILES string of the molecule is CC(C)C(=N[S+]([O-])C(C)(C)C)c1ccccc1F. The monoisotopic (exact) mass is 269 g/mol. The Kier molecular flexibility index (Phi) is 4.93.